The molecule has 4 heteroatoms. The Balaban J connectivity index is 3.50. The lowest BCUT2D eigenvalue weighted by Crippen LogP contribution is -2.38. The molecule has 3 N–H and O–H groups in total. The number of hydrogen-bond donors (Lipinski definition) is 2. The number of nitrogens with zero attached hydrogens (tertiary/aromatic N) is 1. The molecule has 0 heterocycles. The van der Waals surface area contributed by atoms with Gasteiger partial charge >= 0.3 is 0 Å². The summed E-state index contributed by atoms with van der Waals surface area (Å²) in [5, 5.41) is 11.1. The number of unbranched alkanes of at least 4 members (excludes halogenated alkanes) is 2. The van der Waals surface area contributed by atoms with Crippen molar-refractivity contribution in [3.8, 4) is 6.07 Å². The average Bonchev–Trinajstić information content (AvgIpc) is 2.16. The normalized spacial score (nSPS) is 14.1. The SMILES string of the molecule is CC(N)C(C)C(=O)NCCCCC#N. The molecule has 0 aliphatic carbocycles. The number of carbonyl (C=O) groups is 1. The zero-order chi connectivity index (χ0) is 11.0. The molecule has 0 aromatic carbocycles. The van der Waals surface area contributed by atoms with Crippen LogP contribution in [-0.4, -0.2) is 18.5 Å². The molecule has 0 radical (unpaired) electrons. The van der Waals surface area contributed by atoms with Gasteiger partial charge in [0.25, 0.3) is 0 Å². The van der Waals surface area contributed by atoms with Gasteiger partial charge in [-0.15, -0.1) is 0 Å². The van der Waals surface area contributed by atoms with E-state index in [9.17, 15) is 4.79 Å². The molecule has 0 rings (SSSR count). The largest absolute Gasteiger partial charge is 0.356 e. The standard InChI is InChI=1S/C10H19N3O/c1-8(9(2)12)10(14)13-7-5-3-4-6-11/h8-9H,3-5,7,12H2,1-2H3,(H,13,14). The summed E-state index contributed by atoms with van der Waals surface area (Å²) in [6.45, 7) is 4.27. The van der Waals surface area contributed by atoms with Gasteiger partial charge in [-0.05, 0) is 19.8 Å². The summed E-state index contributed by atoms with van der Waals surface area (Å²) in [7, 11) is 0. The maximum atomic E-state index is 11.4. The van der Waals surface area contributed by atoms with E-state index in [0.29, 0.717) is 13.0 Å². The molecule has 14 heavy (non-hydrogen) atoms. The van der Waals surface area contributed by atoms with Gasteiger partial charge in [0, 0.05) is 24.9 Å². The van der Waals surface area contributed by atoms with Crippen LogP contribution in [-0.2, 0) is 4.79 Å². The predicted octanol–water partition coefficient (Wildman–Crippen LogP) is 0.780. The van der Waals surface area contributed by atoms with Crippen LogP contribution in [0.15, 0.2) is 0 Å². The van der Waals surface area contributed by atoms with E-state index in [1.165, 1.54) is 0 Å². The topological polar surface area (TPSA) is 78.9 Å². The average molecular weight is 197 g/mol. The zero-order valence-electron chi connectivity index (χ0n) is 8.92. The molecular weight excluding hydrogens is 178 g/mol. The molecule has 0 bridgehead atoms. The van der Waals surface area contributed by atoms with Gasteiger partial charge in [-0.25, -0.2) is 0 Å². The lowest BCUT2D eigenvalue weighted by atomic mass is 10.0. The predicted molar refractivity (Wildman–Crippen MR) is 55.3 cm³/mol. The summed E-state index contributed by atoms with van der Waals surface area (Å²) in [6.07, 6.45) is 2.24. The minimum absolute atomic E-state index is 0.00282. The van der Waals surface area contributed by atoms with E-state index in [1.54, 1.807) is 0 Å². The fraction of sp³-hybridized carbons (Fsp3) is 0.800. The Labute approximate surface area is 85.5 Å². The molecule has 0 saturated carbocycles. The Bertz CT molecular complexity index is 208. The summed E-state index contributed by atoms with van der Waals surface area (Å²) < 4.78 is 0. The van der Waals surface area contributed by atoms with Gasteiger partial charge in [-0.1, -0.05) is 6.92 Å². The second kappa shape index (κ2) is 7.34. The summed E-state index contributed by atoms with van der Waals surface area (Å²) in [6, 6.07) is 1.95. The number of nitriles is 1. The molecule has 0 saturated heterocycles. The summed E-state index contributed by atoms with van der Waals surface area (Å²) in [5.74, 6) is -0.150. The number of amides is 1. The van der Waals surface area contributed by atoms with Crippen LogP contribution >= 0.6 is 0 Å². The molecule has 0 spiro atoms. The quantitative estimate of drug-likeness (QED) is 0.617. The Morgan fingerprint density at radius 3 is 2.64 bits per heavy atom. The molecule has 4 nitrogen and oxygen atoms in total. The van der Waals surface area contributed by atoms with Gasteiger partial charge in [0.15, 0.2) is 0 Å². The van der Waals surface area contributed by atoms with Crippen LogP contribution in [0.25, 0.3) is 0 Å². The van der Waals surface area contributed by atoms with Crippen molar-refractivity contribution in [3.05, 3.63) is 0 Å². The lowest BCUT2D eigenvalue weighted by molar-refractivity contribution is -0.124. The molecule has 2 atom stereocenters. The maximum Gasteiger partial charge on any atom is 0.224 e. The van der Waals surface area contributed by atoms with E-state index in [0.717, 1.165) is 12.8 Å². The molecule has 80 valence electrons. The third-order valence-corrected chi connectivity index (χ3v) is 2.22. The number of rotatable bonds is 6. The van der Waals surface area contributed by atoms with E-state index in [2.05, 4.69) is 11.4 Å². The second-order valence-corrected chi connectivity index (χ2v) is 3.55. The summed E-state index contributed by atoms with van der Waals surface area (Å²) in [5.41, 5.74) is 5.58. The number of nitrogens with two attached hydrogens (primary N) is 1. The molecular formula is C10H19N3O. The van der Waals surface area contributed by atoms with Crippen LogP contribution < -0.4 is 11.1 Å². The van der Waals surface area contributed by atoms with Crippen molar-refractivity contribution in [3.63, 3.8) is 0 Å². The first kappa shape index (κ1) is 12.9. The van der Waals surface area contributed by atoms with Crippen LogP contribution in [0.1, 0.15) is 33.1 Å². The molecule has 0 aliphatic heterocycles. The van der Waals surface area contributed by atoms with Gasteiger partial charge in [-0.2, -0.15) is 5.26 Å². The molecule has 2 unspecified atom stereocenters. The third-order valence-electron chi connectivity index (χ3n) is 2.22. The monoisotopic (exact) mass is 197 g/mol. The molecule has 1 amide bonds. The van der Waals surface area contributed by atoms with Crippen LogP contribution in [0, 0.1) is 17.2 Å². The van der Waals surface area contributed by atoms with E-state index in [4.69, 9.17) is 11.0 Å². The lowest BCUT2D eigenvalue weighted by Gasteiger charge is -2.14. The van der Waals surface area contributed by atoms with E-state index >= 15 is 0 Å². The summed E-state index contributed by atoms with van der Waals surface area (Å²) >= 11 is 0. The number of carbonyl (C=O) groups excluding carboxylic acids is 1. The van der Waals surface area contributed by atoms with Crippen LogP contribution in [0.4, 0.5) is 0 Å². The van der Waals surface area contributed by atoms with Gasteiger partial charge < -0.3 is 11.1 Å². The maximum absolute atomic E-state index is 11.4. The molecule has 0 aromatic heterocycles. The first-order chi connectivity index (χ1) is 6.59. The van der Waals surface area contributed by atoms with Crippen molar-refractivity contribution in [1.82, 2.24) is 5.32 Å². The van der Waals surface area contributed by atoms with Gasteiger partial charge in [-0.3, -0.25) is 4.79 Å². The van der Waals surface area contributed by atoms with Crippen LogP contribution in [0.2, 0.25) is 0 Å². The minimum atomic E-state index is -0.147. The smallest absolute Gasteiger partial charge is 0.224 e. The van der Waals surface area contributed by atoms with E-state index in [1.807, 2.05) is 13.8 Å². The minimum Gasteiger partial charge on any atom is -0.356 e. The van der Waals surface area contributed by atoms with Crippen molar-refractivity contribution in [2.75, 3.05) is 6.54 Å². The highest BCUT2D eigenvalue weighted by Crippen LogP contribution is 1.99. The molecule has 0 fully saturated rings. The number of hydrogen-bond acceptors (Lipinski definition) is 3. The van der Waals surface area contributed by atoms with Gasteiger partial charge in [0.05, 0.1) is 6.07 Å². The fourth-order valence-corrected chi connectivity index (χ4v) is 0.940. The van der Waals surface area contributed by atoms with Crippen LogP contribution in [0.5, 0.6) is 0 Å². The van der Waals surface area contributed by atoms with Crippen molar-refractivity contribution >= 4 is 5.91 Å². The van der Waals surface area contributed by atoms with E-state index < -0.39 is 0 Å². The highest BCUT2D eigenvalue weighted by Gasteiger charge is 2.15. The van der Waals surface area contributed by atoms with Gasteiger partial charge in [0.1, 0.15) is 0 Å². The molecule has 0 aliphatic rings. The fourth-order valence-electron chi connectivity index (χ4n) is 0.940. The van der Waals surface area contributed by atoms with Crippen molar-refractivity contribution in [2.45, 2.75) is 39.2 Å². The Hall–Kier alpha value is -1.08. The highest BCUT2D eigenvalue weighted by molar-refractivity contribution is 5.78. The Morgan fingerprint density at radius 1 is 1.50 bits per heavy atom. The van der Waals surface area contributed by atoms with Crippen molar-refractivity contribution in [1.29, 1.82) is 5.26 Å². The molecule has 0 aromatic rings. The third kappa shape index (κ3) is 5.55. The van der Waals surface area contributed by atoms with Crippen molar-refractivity contribution in [2.24, 2.45) is 11.7 Å². The van der Waals surface area contributed by atoms with Crippen molar-refractivity contribution < 1.29 is 4.79 Å². The summed E-state index contributed by atoms with van der Waals surface area (Å²) in [4.78, 5) is 11.4. The second-order valence-electron chi connectivity index (χ2n) is 3.55. The van der Waals surface area contributed by atoms with Crippen LogP contribution in [0.3, 0.4) is 0 Å². The number of nitrogens with one attached hydrogen (secondary N) is 1. The Kier molecular flexibility index (Phi) is 6.77. The zero-order valence-corrected chi connectivity index (χ0v) is 8.92. The van der Waals surface area contributed by atoms with Gasteiger partial charge in [0.2, 0.25) is 5.91 Å². The Morgan fingerprint density at radius 2 is 2.14 bits per heavy atom. The first-order valence-electron chi connectivity index (χ1n) is 4.99. The first-order valence-corrected chi connectivity index (χ1v) is 4.99. The van der Waals surface area contributed by atoms with E-state index in [-0.39, 0.29) is 17.9 Å². The highest BCUT2D eigenvalue weighted by atomic mass is 16.1.